The fourth-order valence-electron chi connectivity index (χ4n) is 19.6. The minimum atomic E-state index is -0.457. The first-order valence-corrected chi connectivity index (χ1v) is 37.5. The number of nitrogens with zero attached hydrogens (tertiary/aromatic N) is 1. The van der Waals surface area contributed by atoms with Gasteiger partial charge in [0.25, 0.3) is 0 Å². The zero-order valence-corrected chi connectivity index (χ0v) is 55.6. The molecule has 6 fully saturated rings. The van der Waals surface area contributed by atoms with Gasteiger partial charge in [-0.1, -0.05) is 108 Å². The standard InChI is InChI=1S/C75H104N8O6S2/c1-89-68-37-63-55(35-66(68)87)33-57-43-82-72(76)65(61(57)21-19-50-13-8-12-49(30-50)18-17-48-10-4-2-5-11-48)46-90-91-47-83-73(77)80-29-24-51-23-26-75(39-51)69-22-20-52(31-59(85)36-60(86)34-58(63)45-84)38-74(69,41-70(75)81-44-67(88)53-14-6-3-7-15-53)40-64-62-25-28-78-42-56(62)32-54-16-9-27-79-71(54)64/h2,4-5,8-13,16,30,34-35,37,43,51-54,56,62,64,67,69-72,78-79,81-82,84,87-88H,3,6-7,14-15,17-29,31-33,36,38-42,44-47,76H2,1H3,(H3,77,80,83)/b58-34+/t51-,52+,54+,56-,62+,64-,67+,69-,70-,71-,72?,74-,75+/m1/s1. The summed E-state index contributed by atoms with van der Waals surface area (Å²) in [7, 11) is 4.86. The van der Waals surface area contributed by atoms with Crippen molar-refractivity contribution in [1.29, 1.82) is 0 Å². The Labute approximate surface area is 549 Å². The van der Waals surface area contributed by atoms with Gasteiger partial charge in [0.1, 0.15) is 5.78 Å². The molecule has 91 heavy (non-hydrogen) atoms. The topological polar surface area (TPSA) is 229 Å². The van der Waals surface area contributed by atoms with E-state index in [0.29, 0.717) is 108 Å². The van der Waals surface area contributed by atoms with Gasteiger partial charge in [0.15, 0.2) is 23.2 Å². The van der Waals surface area contributed by atoms with Crippen molar-refractivity contribution in [2.45, 2.75) is 172 Å². The number of ketones is 2. The number of aryl methyl sites for hydroxylation is 3. The molecule has 492 valence electrons. The number of phenolic OH excluding ortho intramolecular Hbond substituents is 1. The number of dihydropyridines is 1. The van der Waals surface area contributed by atoms with Crippen LogP contribution in [0.5, 0.6) is 11.5 Å². The number of phenols is 1. The monoisotopic (exact) mass is 1280 g/mol. The molecule has 3 aromatic carbocycles. The highest BCUT2D eigenvalue weighted by Gasteiger charge is 2.65. The van der Waals surface area contributed by atoms with Crippen LogP contribution in [0.15, 0.2) is 113 Å². The van der Waals surface area contributed by atoms with Crippen LogP contribution in [0, 0.1) is 58.2 Å². The van der Waals surface area contributed by atoms with Crippen molar-refractivity contribution in [3.8, 4) is 11.5 Å². The first-order valence-electron chi connectivity index (χ1n) is 35.0. The number of methoxy groups -OCH3 is 1. The molecule has 13 atom stereocenters. The molecule has 5 saturated carbocycles. The number of carbonyl (C=O) groups excluding carboxylic acids is 2. The molecule has 7 bridgehead atoms. The Hall–Kier alpha value is -4.91. The number of Topliss-reactive ketones (excluding diaryl/α,β-unsaturated/α-hetero) is 1. The molecular formula is C75H104N8O6S2. The van der Waals surface area contributed by atoms with E-state index >= 15 is 0 Å². The number of benzene rings is 3. The fourth-order valence-corrected chi connectivity index (χ4v) is 21.4. The van der Waals surface area contributed by atoms with Crippen molar-refractivity contribution in [1.82, 2.24) is 26.6 Å². The first-order chi connectivity index (χ1) is 44.4. The van der Waals surface area contributed by atoms with E-state index < -0.39 is 12.8 Å². The van der Waals surface area contributed by atoms with E-state index in [2.05, 4.69) is 93.3 Å². The molecule has 16 heteroatoms. The molecule has 5 aliphatic carbocycles. The summed E-state index contributed by atoms with van der Waals surface area (Å²) in [6.45, 7) is 3.99. The average Bonchev–Trinajstić information content (AvgIpc) is 1.56. The molecule has 5 heterocycles. The number of aromatic hydroxyl groups is 1. The van der Waals surface area contributed by atoms with Crippen molar-refractivity contribution in [2.75, 3.05) is 58.1 Å². The molecule has 0 amide bonds. The Balaban J connectivity index is 0.850. The SMILES string of the molecule is COc1cc2c(cc1O)CC1=CNC(N)C(=C1CCc1cccc(CCc3ccccc3)c1)CSSCN=C(N)NCC[C@H]1CC[C@]3(C1)[C@@H]1CC[C@@H](CC(=O)CC(=O)/C=C/2CO)C[C@@]1(C[C@@H]1[C@H]2CCNC[C@H]2C[C@@H]2C=CCN[C@@H]12)C[C@H]3NC[C@H](O)C1CCCCC1. The smallest absolute Gasteiger partial charge is 0.189 e. The summed E-state index contributed by atoms with van der Waals surface area (Å²) in [6, 6.07) is 23.6. The molecule has 3 aromatic rings. The summed E-state index contributed by atoms with van der Waals surface area (Å²) < 4.78 is 5.69. The molecule has 5 aliphatic heterocycles. The quantitative estimate of drug-likeness (QED) is 0.0411. The second kappa shape index (κ2) is 30.7. The maximum atomic E-state index is 14.8. The third kappa shape index (κ3) is 15.6. The lowest BCUT2D eigenvalue weighted by Crippen LogP contribution is -2.57. The minimum absolute atomic E-state index is 0.00977. The van der Waals surface area contributed by atoms with Gasteiger partial charge in [-0.3, -0.25) is 9.59 Å². The van der Waals surface area contributed by atoms with E-state index in [4.69, 9.17) is 21.2 Å². The van der Waals surface area contributed by atoms with E-state index in [0.717, 1.165) is 133 Å². The third-order valence-corrected chi connectivity index (χ3v) is 25.7. The highest BCUT2D eigenvalue weighted by atomic mass is 33.1. The lowest BCUT2D eigenvalue weighted by molar-refractivity contribution is -0.126. The zero-order valence-electron chi connectivity index (χ0n) is 54.0. The molecule has 14 nitrogen and oxygen atoms in total. The number of aliphatic hydroxyl groups is 2. The number of carbonyl (C=O) groups is 2. The minimum Gasteiger partial charge on any atom is -0.504 e. The predicted molar refractivity (Wildman–Crippen MR) is 370 cm³/mol. The van der Waals surface area contributed by atoms with Crippen molar-refractivity contribution in [2.24, 2.45) is 74.6 Å². The van der Waals surface area contributed by atoms with Gasteiger partial charge in [0, 0.05) is 50.1 Å². The van der Waals surface area contributed by atoms with E-state index in [-0.39, 0.29) is 58.4 Å². The lowest BCUT2D eigenvalue weighted by Gasteiger charge is -2.55. The molecule has 13 rings (SSSR count). The summed E-state index contributed by atoms with van der Waals surface area (Å²) in [6.07, 6.45) is 29.4. The summed E-state index contributed by atoms with van der Waals surface area (Å²) in [5.74, 6) is 5.16. The van der Waals surface area contributed by atoms with Crippen molar-refractivity contribution in [3.05, 3.63) is 136 Å². The van der Waals surface area contributed by atoms with Crippen LogP contribution in [0.2, 0.25) is 0 Å². The van der Waals surface area contributed by atoms with E-state index in [1.165, 1.54) is 62.0 Å². The van der Waals surface area contributed by atoms with Crippen LogP contribution in [-0.4, -0.2) is 115 Å². The van der Waals surface area contributed by atoms with Crippen LogP contribution < -0.4 is 42.8 Å². The van der Waals surface area contributed by atoms with Crippen LogP contribution in [0.3, 0.4) is 0 Å². The van der Waals surface area contributed by atoms with E-state index in [1.807, 2.05) is 6.20 Å². The van der Waals surface area contributed by atoms with Gasteiger partial charge in [0.05, 0.1) is 38.3 Å². The van der Waals surface area contributed by atoms with Gasteiger partial charge >= 0.3 is 0 Å². The number of hydrogen-bond acceptors (Lipinski definition) is 16. The number of ether oxygens (including phenoxy) is 1. The van der Waals surface area contributed by atoms with Gasteiger partial charge in [-0.05, 0) is 255 Å². The number of allylic oxidation sites excluding steroid dienone is 3. The van der Waals surface area contributed by atoms with Gasteiger partial charge in [-0.2, -0.15) is 0 Å². The highest BCUT2D eigenvalue weighted by molar-refractivity contribution is 8.76. The lowest BCUT2D eigenvalue weighted by atomic mass is 9.52. The number of nitrogens with two attached hydrogens (primary N) is 2. The summed E-state index contributed by atoms with van der Waals surface area (Å²) in [4.78, 5) is 34.1. The summed E-state index contributed by atoms with van der Waals surface area (Å²) in [5, 5.41) is 53.8. The summed E-state index contributed by atoms with van der Waals surface area (Å²) >= 11 is 0. The average molecular weight is 1280 g/mol. The maximum Gasteiger partial charge on any atom is 0.189 e. The normalized spacial score (nSPS) is 32.9. The third-order valence-electron chi connectivity index (χ3n) is 23.7. The van der Waals surface area contributed by atoms with E-state index in [1.54, 1.807) is 33.7 Å². The molecule has 10 aliphatic rings. The second-order valence-electron chi connectivity index (χ2n) is 29.0. The number of aliphatic imine (C=N–C) groups is 1. The predicted octanol–water partition coefficient (Wildman–Crippen LogP) is 10.6. The number of guanidine groups is 1. The van der Waals surface area contributed by atoms with Gasteiger partial charge in [-0.25, -0.2) is 4.99 Å². The van der Waals surface area contributed by atoms with Gasteiger partial charge in [0.2, 0.25) is 0 Å². The van der Waals surface area contributed by atoms with Crippen molar-refractivity contribution < 1.29 is 29.6 Å². The Morgan fingerprint density at radius 2 is 1.68 bits per heavy atom. The number of piperidine rings is 1. The number of rotatable bonds is 14. The molecule has 1 unspecified atom stereocenters. The Bertz CT molecular complexity index is 3160. The number of aliphatic hydroxyl groups excluding tert-OH is 2. The van der Waals surface area contributed by atoms with Gasteiger partial charge in [-0.15, -0.1) is 0 Å². The number of hydrogen-bond donors (Lipinski definition) is 10. The number of nitrogens with one attached hydrogen (secondary N) is 5. The Kier molecular flexibility index (Phi) is 22.3. The molecule has 12 N–H and O–H groups in total. The van der Waals surface area contributed by atoms with Gasteiger partial charge < -0.3 is 58.1 Å². The van der Waals surface area contributed by atoms with Crippen molar-refractivity contribution in [3.63, 3.8) is 0 Å². The zero-order chi connectivity index (χ0) is 62.9. The van der Waals surface area contributed by atoms with Crippen LogP contribution in [0.4, 0.5) is 0 Å². The Morgan fingerprint density at radius 1 is 0.868 bits per heavy atom. The largest absolute Gasteiger partial charge is 0.504 e. The summed E-state index contributed by atoms with van der Waals surface area (Å²) in [5.41, 5.74) is 22.4. The van der Waals surface area contributed by atoms with Crippen LogP contribution in [0.1, 0.15) is 150 Å². The molecule has 0 radical (unpaired) electrons. The molecule has 1 spiro atoms. The van der Waals surface area contributed by atoms with Crippen molar-refractivity contribution >= 4 is 44.7 Å². The number of fused-ring (bicyclic) bond motifs is 14. The van der Waals surface area contributed by atoms with Crippen LogP contribution in [-0.2, 0) is 35.3 Å². The fraction of sp³-hybridized carbons (Fsp3) is 0.613. The molecular weight excluding hydrogens is 1170 g/mol. The molecule has 0 aromatic heterocycles. The Morgan fingerprint density at radius 3 is 2.51 bits per heavy atom. The second-order valence-corrected chi connectivity index (χ2v) is 31.5. The van der Waals surface area contributed by atoms with E-state index in [9.17, 15) is 24.9 Å². The highest BCUT2D eigenvalue weighted by Crippen LogP contribution is 2.70. The maximum absolute atomic E-state index is 14.8. The van der Waals surface area contributed by atoms with Crippen LogP contribution >= 0.6 is 21.6 Å². The first kappa shape index (κ1) is 66.1. The van der Waals surface area contributed by atoms with Crippen LogP contribution in [0.25, 0.3) is 5.57 Å². The molecule has 1 saturated heterocycles.